The molecule has 0 aliphatic heterocycles. The van der Waals surface area contributed by atoms with Crippen LogP contribution in [0.15, 0.2) is 61.1 Å². The van der Waals surface area contributed by atoms with Crippen LogP contribution in [-0.4, -0.2) is 9.97 Å². The lowest BCUT2D eigenvalue weighted by Crippen LogP contribution is -1.85. The molecule has 84 valence electrons. The Balaban J connectivity index is 2.46. The van der Waals surface area contributed by atoms with Crippen LogP contribution in [0.4, 0.5) is 0 Å². The third-order valence-corrected chi connectivity index (χ3v) is 3.39. The summed E-state index contributed by atoms with van der Waals surface area (Å²) >= 11 is 0. The van der Waals surface area contributed by atoms with Crippen molar-refractivity contribution in [1.29, 1.82) is 0 Å². The molecule has 0 saturated carbocycles. The zero-order valence-corrected chi connectivity index (χ0v) is 9.67. The summed E-state index contributed by atoms with van der Waals surface area (Å²) in [6.45, 7) is 0. The molecule has 2 aromatic heterocycles. The van der Waals surface area contributed by atoms with Gasteiger partial charge in [-0.15, -0.1) is 0 Å². The second-order valence-corrected chi connectivity index (χ2v) is 4.37. The highest BCUT2D eigenvalue weighted by molar-refractivity contribution is 6.23. The normalized spacial score (nSPS) is 11.3. The number of fused-ring (bicyclic) bond motifs is 6. The summed E-state index contributed by atoms with van der Waals surface area (Å²) in [6, 6.07) is 14.6. The van der Waals surface area contributed by atoms with Gasteiger partial charge in [0.2, 0.25) is 0 Å². The molecule has 0 saturated heterocycles. The van der Waals surface area contributed by atoms with Gasteiger partial charge in [0.15, 0.2) is 0 Å². The van der Waals surface area contributed by atoms with Gasteiger partial charge in [0.1, 0.15) is 0 Å². The van der Waals surface area contributed by atoms with Crippen LogP contribution in [0.2, 0.25) is 0 Å². The Morgan fingerprint density at radius 2 is 1.33 bits per heavy atom. The SMILES string of the molecule is c1ccc2c(c1)c1cnccc1c1ncccc21. The minimum atomic E-state index is 1.05. The Bertz CT molecular complexity index is 661. The van der Waals surface area contributed by atoms with Gasteiger partial charge in [-0.05, 0) is 22.9 Å². The fourth-order valence-corrected chi connectivity index (χ4v) is 2.61. The van der Waals surface area contributed by atoms with Gasteiger partial charge >= 0.3 is 0 Å². The molecule has 4 rings (SSSR count). The first-order chi connectivity index (χ1) is 8.95. The predicted octanol–water partition coefficient (Wildman–Crippen LogP) is 3.94. The second kappa shape index (κ2) is 3.50. The third-order valence-electron chi connectivity index (χ3n) is 3.39. The topological polar surface area (TPSA) is 25.8 Å². The molecule has 0 bridgehead atoms. The van der Waals surface area contributed by atoms with Crippen molar-refractivity contribution < 1.29 is 0 Å². The van der Waals surface area contributed by atoms with Crippen LogP contribution in [-0.2, 0) is 0 Å². The molecule has 0 amide bonds. The van der Waals surface area contributed by atoms with Crippen molar-refractivity contribution in [1.82, 2.24) is 9.97 Å². The number of nitrogens with zero attached hydrogens (tertiary/aromatic N) is 2. The lowest BCUT2D eigenvalue weighted by atomic mass is 9.99. The molecule has 0 radical (unpaired) electrons. The van der Waals surface area contributed by atoms with Crippen LogP contribution in [0.3, 0.4) is 0 Å². The van der Waals surface area contributed by atoms with E-state index in [2.05, 4.69) is 40.3 Å². The fraction of sp³-hybridized carbons (Fsp3) is 0. The van der Waals surface area contributed by atoms with Gasteiger partial charge < -0.3 is 0 Å². The van der Waals surface area contributed by atoms with E-state index in [1.165, 1.54) is 26.9 Å². The lowest BCUT2D eigenvalue weighted by Gasteiger charge is -2.08. The molecular formula is C16H10N2. The highest BCUT2D eigenvalue weighted by Crippen LogP contribution is 2.32. The number of hydrogen-bond acceptors (Lipinski definition) is 2. The zero-order chi connectivity index (χ0) is 11.9. The Hall–Kier alpha value is -2.48. The number of hydrogen-bond donors (Lipinski definition) is 0. The van der Waals surface area contributed by atoms with Crippen molar-refractivity contribution in [3.8, 4) is 0 Å². The lowest BCUT2D eigenvalue weighted by molar-refractivity contribution is 1.36. The fourth-order valence-electron chi connectivity index (χ4n) is 2.61. The maximum absolute atomic E-state index is 4.53. The first-order valence-corrected chi connectivity index (χ1v) is 5.94. The average Bonchev–Trinajstić information content (AvgIpc) is 2.48. The summed E-state index contributed by atoms with van der Waals surface area (Å²) in [6.07, 6.45) is 5.59. The minimum absolute atomic E-state index is 1.05. The van der Waals surface area contributed by atoms with Crippen LogP contribution in [0.5, 0.6) is 0 Å². The van der Waals surface area contributed by atoms with Crippen molar-refractivity contribution in [2.24, 2.45) is 0 Å². The summed E-state index contributed by atoms with van der Waals surface area (Å²) in [7, 11) is 0. The highest BCUT2D eigenvalue weighted by Gasteiger charge is 2.07. The van der Waals surface area contributed by atoms with E-state index in [4.69, 9.17) is 0 Å². The first-order valence-electron chi connectivity index (χ1n) is 5.94. The summed E-state index contributed by atoms with van der Waals surface area (Å²) in [5.41, 5.74) is 1.05. The van der Waals surface area contributed by atoms with Gasteiger partial charge in [0, 0.05) is 34.7 Å². The third kappa shape index (κ3) is 1.17. The molecule has 0 aliphatic rings. The molecule has 0 atom stereocenters. The smallest absolute Gasteiger partial charge is 0.0787 e. The van der Waals surface area contributed by atoms with E-state index in [9.17, 15) is 0 Å². The minimum Gasteiger partial charge on any atom is -0.264 e. The molecule has 2 heterocycles. The molecule has 0 aliphatic carbocycles. The van der Waals surface area contributed by atoms with Crippen LogP contribution in [0.1, 0.15) is 0 Å². The quantitative estimate of drug-likeness (QED) is 0.428. The molecule has 2 nitrogen and oxygen atoms in total. The largest absolute Gasteiger partial charge is 0.264 e. The van der Waals surface area contributed by atoms with E-state index in [-0.39, 0.29) is 0 Å². The summed E-state index contributed by atoms with van der Waals surface area (Å²) in [5, 5.41) is 6.01. The van der Waals surface area contributed by atoms with Crippen molar-refractivity contribution in [2.45, 2.75) is 0 Å². The maximum Gasteiger partial charge on any atom is 0.0787 e. The second-order valence-electron chi connectivity index (χ2n) is 4.37. The number of aromatic nitrogens is 2. The average molecular weight is 230 g/mol. The first kappa shape index (κ1) is 9.54. The van der Waals surface area contributed by atoms with Gasteiger partial charge in [0.05, 0.1) is 5.52 Å². The van der Waals surface area contributed by atoms with Crippen molar-refractivity contribution in [3.63, 3.8) is 0 Å². The van der Waals surface area contributed by atoms with Crippen LogP contribution in [0, 0.1) is 0 Å². The zero-order valence-electron chi connectivity index (χ0n) is 9.67. The molecule has 0 fully saturated rings. The van der Waals surface area contributed by atoms with Crippen LogP contribution < -0.4 is 0 Å². The Kier molecular flexibility index (Phi) is 1.86. The Morgan fingerprint density at radius 3 is 2.22 bits per heavy atom. The summed E-state index contributed by atoms with van der Waals surface area (Å²) in [4.78, 5) is 8.77. The van der Waals surface area contributed by atoms with Gasteiger partial charge in [-0.2, -0.15) is 0 Å². The van der Waals surface area contributed by atoms with Crippen molar-refractivity contribution in [3.05, 3.63) is 61.1 Å². The molecule has 0 N–H and O–H groups in total. The monoisotopic (exact) mass is 230 g/mol. The van der Waals surface area contributed by atoms with Crippen LogP contribution >= 0.6 is 0 Å². The van der Waals surface area contributed by atoms with Gasteiger partial charge in [-0.1, -0.05) is 30.3 Å². The molecule has 4 aromatic rings. The van der Waals surface area contributed by atoms with E-state index in [0.29, 0.717) is 0 Å². The van der Waals surface area contributed by atoms with E-state index in [1.54, 1.807) is 0 Å². The van der Waals surface area contributed by atoms with E-state index < -0.39 is 0 Å². The maximum atomic E-state index is 4.53. The highest BCUT2D eigenvalue weighted by atomic mass is 14.7. The van der Waals surface area contributed by atoms with E-state index in [0.717, 1.165) is 5.52 Å². The number of benzene rings is 2. The standard InChI is InChI=1S/C16H10N2/c1-2-5-12-11(4-1)13-6-3-8-18-16(13)14-7-9-17-10-15(12)14/h1-10H. The van der Waals surface area contributed by atoms with E-state index in [1.807, 2.05) is 30.7 Å². The van der Waals surface area contributed by atoms with Crippen molar-refractivity contribution in [2.75, 3.05) is 0 Å². The van der Waals surface area contributed by atoms with E-state index >= 15 is 0 Å². The Labute approximate surface area is 104 Å². The molecule has 18 heavy (non-hydrogen) atoms. The molecule has 0 spiro atoms. The Morgan fingerprint density at radius 1 is 0.611 bits per heavy atom. The molecule has 2 aromatic carbocycles. The molecule has 0 unspecified atom stereocenters. The number of pyridine rings is 2. The van der Waals surface area contributed by atoms with Crippen molar-refractivity contribution >= 4 is 32.4 Å². The number of rotatable bonds is 0. The summed E-state index contributed by atoms with van der Waals surface area (Å²) < 4.78 is 0. The predicted molar refractivity (Wildman–Crippen MR) is 74.6 cm³/mol. The molecular weight excluding hydrogens is 220 g/mol. The summed E-state index contributed by atoms with van der Waals surface area (Å²) in [5.74, 6) is 0. The van der Waals surface area contributed by atoms with Gasteiger partial charge in [0.25, 0.3) is 0 Å². The van der Waals surface area contributed by atoms with Gasteiger partial charge in [-0.25, -0.2) is 0 Å². The van der Waals surface area contributed by atoms with Crippen LogP contribution in [0.25, 0.3) is 32.4 Å². The molecule has 2 heteroatoms. The van der Waals surface area contributed by atoms with Gasteiger partial charge in [-0.3, -0.25) is 9.97 Å².